The van der Waals surface area contributed by atoms with Crippen molar-refractivity contribution >= 4 is 22.9 Å². The van der Waals surface area contributed by atoms with Crippen LogP contribution in [0.5, 0.6) is 0 Å². The number of rotatable bonds is 8. The van der Waals surface area contributed by atoms with Gasteiger partial charge in [0.25, 0.3) is 0 Å². The molecule has 0 aliphatic carbocycles. The van der Waals surface area contributed by atoms with Crippen LogP contribution < -0.4 is 10.6 Å². The highest BCUT2D eigenvalue weighted by atomic mass is 16.3. The molecule has 0 aliphatic rings. The first-order valence-electron chi connectivity index (χ1n) is 9.87. The van der Waals surface area contributed by atoms with Crippen LogP contribution in [0.15, 0.2) is 30.9 Å². The van der Waals surface area contributed by atoms with Crippen LogP contribution in [0.4, 0.5) is 11.8 Å². The number of pyridine rings is 1. The Bertz CT molecular complexity index is 848. The summed E-state index contributed by atoms with van der Waals surface area (Å²) in [5.41, 5.74) is 2.56. The van der Waals surface area contributed by atoms with Crippen LogP contribution in [0.2, 0.25) is 0 Å². The van der Waals surface area contributed by atoms with Gasteiger partial charge in [0.05, 0.1) is 12.4 Å². The van der Waals surface area contributed by atoms with Crippen LogP contribution in [0, 0.1) is 0 Å². The molecule has 3 rings (SSSR count). The minimum Gasteiger partial charge on any atom is -0.392 e. The molecule has 3 N–H and O–H groups in total. The maximum atomic E-state index is 9.53. The number of imidazole rings is 1. The summed E-state index contributed by atoms with van der Waals surface area (Å²) in [5.74, 6) is 1.13. The molecule has 0 radical (unpaired) electrons. The number of aromatic nitrogens is 5. The van der Waals surface area contributed by atoms with Gasteiger partial charge in [-0.2, -0.15) is 9.97 Å². The molecule has 2 unspecified atom stereocenters. The van der Waals surface area contributed by atoms with Gasteiger partial charge < -0.3 is 20.3 Å². The quantitative estimate of drug-likeness (QED) is 0.544. The zero-order valence-electron chi connectivity index (χ0n) is 17.3. The Hall–Kier alpha value is -2.74. The smallest absolute Gasteiger partial charge is 0.226 e. The molecule has 8 heteroatoms. The van der Waals surface area contributed by atoms with E-state index < -0.39 is 6.10 Å². The normalized spacial score (nSPS) is 12.8. The number of aliphatic hydroxyl groups excluding tert-OH is 1. The Labute approximate surface area is 166 Å². The second-order valence-electron chi connectivity index (χ2n) is 6.42. The van der Waals surface area contributed by atoms with Gasteiger partial charge in [0, 0.05) is 31.5 Å². The first kappa shape index (κ1) is 21.6. The minimum absolute atomic E-state index is 0.283. The summed E-state index contributed by atoms with van der Waals surface area (Å²) >= 11 is 0. The van der Waals surface area contributed by atoms with E-state index in [9.17, 15) is 5.11 Å². The third-order valence-electron chi connectivity index (χ3n) is 4.23. The first-order valence-corrected chi connectivity index (χ1v) is 9.87. The maximum absolute atomic E-state index is 9.53. The molecule has 3 heterocycles. The largest absolute Gasteiger partial charge is 0.392 e. The lowest BCUT2D eigenvalue weighted by Gasteiger charge is -2.14. The molecule has 8 nitrogen and oxygen atoms in total. The SMILES string of the molecule is CC.CCC(C)n1cnc2c(NCc3cccnc3)nc(NCC(C)O)nc21. The molecule has 0 spiro atoms. The number of hydrogen-bond acceptors (Lipinski definition) is 7. The molecule has 2 atom stereocenters. The number of anilines is 2. The lowest BCUT2D eigenvalue weighted by atomic mass is 10.2. The van der Waals surface area contributed by atoms with Crippen molar-refractivity contribution in [2.75, 3.05) is 17.2 Å². The fourth-order valence-electron chi connectivity index (χ4n) is 2.57. The van der Waals surface area contributed by atoms with E-state index in [-0.39, 0.29) is 6.04 Å². The molecular weight excluding hydrogens is 354 g/mol. The van der Waals surface area contributed by atoms with Crippen molar-refractivity contribution in [1.29, 1.82) is 0 Å². The molecule has 0 saturated heterocycles. The lowest BCUT2D eigenvalue weighted by Crippen LogP contribution is -2.18. The number of aliphatic hydroxyl groups is 1. The van der Waals surface area contributed by atoms with Gasteiger partial charge in [-0.05, 0) is 31.9 Å². The molecular formula is C20H31N7O. The molecule has 0 aromatic carbocycles. The number of nitrogens with one attached hydrogen (secondary N) is 2. The van der Waals surface area contributed by atoms with Crippen LogP contribution in [0.25, 0.3) is 11.2 Å². The van der Waals surface area contributed by atoms with Crippen molar-refractivity contribution in [3.05, 3.63) is 36.4 Å². The van der Waals surface area contributed by atoms with E-state index in [2.05, 4.69) is 49.0 Å². The Morgan fingerprint density at radius 2 is 1.96 bits per heavy atom. The summed E-state index contributed by atoms with van der Waals surface area (Å²) in [6.07, 6.45) is 5.86. The Morgan fingerprint density at radius 1 is 1.18 bits per heavy atom. The zero-order chi connectivity index (χ0) is 20.5. The first-order chi connectivity index (χ1) is 13.6. The fourth-order valence-corrected chi connectivity index (χ4v) is 2.57. The number of fused-ring (bicyclic) bond motifs is 1. The summed E-state index contributed by atoms with van der Waals surface area (Å²) < 4.78 is 2.06. The summed E-state index contributed by atoms with van der Waals surface area (Å²) in [4.78, 5) is 17.8. The van der Waals surface area contributed by atoms with Gasteiger partial charge >= 0.3 is 0 Å². The minimum atomic E-state index is -0.486. The Balaban J connectivity index is 0.00000136. The predicted molar refractivity (Wildman–Crippen MR) is 113 cm³/mol. The van der Waals surface area contributed by atoms with Gasteiger partial charge in [0.2, 0.25) is 5.95 Å². The van der Waals surface area contributed by atoms with Gasteiger partial charge in [-0.1, -0.05) is 26.8 Å². The molecule has 0 saturated carbocycles. The van der Waals surface area contributed by atoms with E-state index in [4.69, 9.17) is 0 Å². The van der Waals surface area contributed by atoms with E-state index in [1.807, 2.05) is 32.2 Å². The van der Waals surface area contributed by atoms with Crippen LogP contribution in [-0.4, -0.2) is 42.3 Å². The summed E-state index contributed by atoms with van der Waals surface area (Å²) in [6, 6.07) is 4.19. The van der Waals surface area contributed by atoms with Crippen molar-refractivity contribution in [1.82, 2.24) is 24.5 Å². The standard InChI is InChI=1S/C18H25N7O.C2H6/c1-4-12(2)25-11-22-15-16(20-10-14-6-5-7-19-9-14)23-18(24-17(15)25)21-8-13(3)26;1-2/h5-7,9,11-13,26H,4,8,10H2,1-3H3,(H2,20,21,23,24);1-2H3. The van der Waals surface area contributed by atoms with Crippen LogP contribution >= 0.6 is 0 Å². The third-order valence-corrected chi connectivity index (χ3v) is 4.23. The predicted octanol–water partition coefficient (Wildman–Crippen LogP) is 3.62. The van der Waals surface area contributed by atoms with Crippen LogP contribution in [0.3, 0.4) is 0 Å². The average molecular weight is 386 g/mol. The Kier molecular flexibility index (Phi) is 8.13. The molecule has 3 aromatic heterocycles. The van der Waals surface area contributed by atoms with Crippen molar-refractivity contribution in [3.63, 3.8) is 0 Å². The van der Waals surface area contributed by atoms with Crippen molar-refractivity contribution in [2.45, 2.75) is 59.7 Å². The zero-order valence-corrected chi connectivity index (χ0v) is 17.3. The topological polar surface area (TPSA) is 101 Å². The van der Waals surface area contributed by atoms with Gasteiger partial charge in [0.15, 0.2) is 17.0 Å². The molecule has 152 valence electrons. The highest BCUT2D eigenvalue weighted by molar-refractivity contribution is 5.84. The summed E-state index contributed by atoms with van der Waals surface area (Å²) in [7, 11) is 0. The lowest BCUT2D eigenvalue weighted by molar-refractivity contribution is 0.208. The van der Waals surface area contributed by atoms with Gasteiger partial charge in [0.1, 0.15) is 0 Å². The highest BCUT2D eigenvalue weighted by Crippen LogP contribution is 2.24. The molecule has 0 aliphatic heterocycles. The fraction of sp³-hybridized carbons (Fsp3) is 0.500. The summed E-state index contributed by atoms with van der Waals surface area (Å²) in [5, 5.41) is 15.9. The van der Waals surface area contributed by atoms with E-state index >= 15 is 0 Å². The average Bonchev–Trinajstić information content (AvgIpc) is 3.16. The summed E-state index contributed by atoms with van der Waals surface area (Å²) in [6.45, 7) is 11.0. The molecule has 28 heavy (non-hydrogen) atoms. The number of nitrogens with zero attached hydrogens (tertiary/aromatic N) is 5. The van der Waals surface area contributed by atoms with Gasteiger partial charge in [-0.25, -0.2) is 4.98 Å². The molecule has 0 fully saturated rings. The van der Waals surface area contributed by atoms with Gasteiger partial charge in [-0.3, -0.25) is 4.98 Å². The van der Waals surface area contributed by atoms with Crippen molar-refractivity contribution < 1.29 is 5.11 Å². The van der Waals surface area contributed by atoms with E-state index in [0.717, 1.165) is 23.1 Å². The third kappa shape index (κ3) is 5.39. The van der Waals surface area contributed by atoms with E-state index in [0.29, 0.717) is 24.9 Å². The van der Waals surface area contributed by atoms with E-state index in [1.165, 1.54) is 0 Å². The second-order valence-corrected chi connectivity index (χ2v) is 6.42. The van der Waals surface area contributed by atoms with E-state index in [1.54, 1.807) is 19.4 Å². The monoisotopic (exact) mass is 385 g/mol. The maximum Gasteiger partial charge on any atom is 0.226 e. The van der Waals surface area contributed by atoms with Crippen molar-refractivity contribution in [2.24, 2.45) is 0 Å². The molecule has 0 bridgehead atoms. The van der Waals surface area contributed by atoms with Crippen molar-refractivity contribution in [3.8, 4) is 0 Å². The second kappa shape index (κ2) is 10.6. The van der Waals surface area contributed by atoms with Gasteiger partial charge in [-0.15, -0.1) is 0 Å². The number of hydrogen-bond donors (Lipinski definition) is 3. The molecule has 3 aromatic rings. The van der Waals surface area contributed by atoms with Crippen LogP contribution in [0.1, 0.15) is 52.6 Å². The molecule has 0 amide bonds. The van der Waals surface area contributed by atoms with Crippen LogP contribution in [-0.2, 0) is 6.54 Å². The Morgan fingerprint density at radius 3 is 2.61 bits per heavy atom. The highest BCUT2D eigenvalue weighted by Gasteiger charge is 2.16.